The Kier molecular flexibility index (Phi) is 10.1. The third-order valence-corrected chi connectivity index (χ3v) is 8.73. The fraction of sp³-hybridized carbons (Fsp3) is 0.467. The molecule has 2 N–H and O–H groups in total. The second kappa shape index (κ2) is 13.9. The molecule has 0 radical (unpaired) electrons. The minimum atomic E-state index is -0.322. The van der Waals surface area contributed by atoms with Gasteiger partial charge in [0.2, 0.25) is 11.9 Å². The van der Waals surface area contributed by atoms with Crippen molar-refractivity contribution in [1.82, 2.24) is 24.8 Å². The summed E-state index contributed by atoms with van der Waals surface area (Å²) in [7, 11) is 2.97. The zero-order valence-electron chi connectivity index (χ0n) is 24.3. The molecule has 0 aliphatic carbocycles. The first-order valence-electron chi connectivity index (χ1n) is 14.3. The van der Waals surface area contributed by atoms with Crippen LogP contribution in [-0.2, 0) is 16.1 Å². The number of ether oxygens (including phenoxy) is 3. The molecule has 2 aromatic heterocycles. The van der Waals surface area contributed by atoms with Crippen LogP contribution in [0, 0.1) is 5.92 Å². The number of aromatic nitrogens is 3. The van der Waals surface area contributed by atoms with Crippen LogP contribution >= 0.6 is 23.2 Å². The zero-order valence-corrected chi connectivity index (χ0v) is 25.8. The zero-order chi connectivity index (χ0) is 30.5. The number of nitrogens with zero attached hydrogens (tertiary/aromatic N) is 4. The maximum atomic E-state index is 14.1. The first-order valence-corrected chi connectivity index (χ1v) is 15.1. The molecule has 5 rings (SSSR count). The van der Waals surface area contributed by atoms with Crippen molar-refractivity contribution in [3.8, 4) is 22.6 Å². The van der Waals surface area contributed by atoms with Crippen molar-refractivity contribution in [2.45, 2.75) is 31.8 Å². The van der Waals surface area contributed by atoms with Gasteiger partial charge in [0.1, 0.15) is 17.1 Å². The van der Waals surface area contributed by atoms with Gasteiger partial charge in [-0.15, -0.1) is 0 Å². The number of anilines is 1. The van der Waals surface area contributed by atoms with Gasteiger partial charge in [-0.25, -0.2) is 4.98 Å². The summed E-state index contributed by atoms with van der Waals surface area (Å²) in [5.74, 6) is 1.62. The molecule has 2 aliphatic heterocycles. The Balaban J connectivity index is 1.46. The Morgan fingerprint density at radius 3 is 2.49 bits per heavy atom. The van der Waals surface area contributed by atoms with Gasteiger partial charge in [-0.2, -0.15) is 4.98 Å². The minimum absolute atomic E-state index is 0.0935. The molecule has 43 heavy (non-hydrogen) atoms. The topological polar surface area (TPSA) is 120 Å². The van der Waals surface area contributed by atoms with Gasteiger partial charge < -0.3 is 29.7 Å². The molecule has 0 atom stereocenters. The number of hydrogen-bond donors (Lipinski definition) is 2. The molecular weight excluding hydrogens is 595 g/mol. The largest absolute Gasteiger partial charge is 0.495 e. The number of benzene rings is 1. The Morgan fingerprint density at radius 1 is 1.14 bits per heavy atom. The lowest BCUT2D eigenvalue weighted by atomic mass is 9.97. The van der Waals surface area contributed by atoms with Crippen molar-refractivity contribution in [3.63, 3.8) is 0 Å². The Hall–Kier alpha value is -3.38. The van der Waals surface area contributed by atoms with Gasteiger partial charge in [0.15, 0.2) is 0 Å². The number of hydrogen-bond acceptors (Lipinski definition) is 9. The first kappa shape index (κ1) is 31.1. The number of fused-ring (bicyclic) bond motifs is 1. The quantitative estimate of drug-likeness (QED) is 0.286. The normalized spacial score (nSPS) is 15.8. The summed E-state index contributed by atoms with van der Waals surface area (Å²) in [5.41, 5.74) is 0.745. The summed E-state index contributed by atoms with van der Waals surface area (Å²) in [5, 5.41) is 7.79. The van der Waals surface area contributed by atoms with Crippen LogP contribution in [0.25, 0.3) is 22.2 Å². The van der Waals surface area contributed by atoms with Crippen LogP contribution < -0.4 is 25.7 Å². The van der Waals surface area contributed by atoms with E-state index in [0.717, 1.165) is 39.0 Å². The number of methoxy groups -OCH3 is 2. The highest BCUT2D eigenvalue weighted by molar-refractivity contribution is 6.41. The molecule has 11 nitrogen and oxygen atoms in total. The van der Waals surface area contributed by atoms with E-state index in [-0.39, 0.29) is 33.1 Å². The molecule has 0 saturated carbocycles. The summed E-state index contributed by atoms with van der Waals surface area (Å²) < 4.78 is 17.9. The summed E-state index contributed by atoms with van der Waals surface area (Å²) in [6.07, 6.45) is 6.09. The van der Waals surface area contributed by atoms with Crippen LogP contribution in [0.1, 0.15) is 19.3 Å². The van der Waals surface area contributed by atoms with Gasteiger partial charge in [-0.05, 0) is 37.3 Å². The number of halogens is 2. The van der Waals surface area contributed by atoms with Gasteiger partial charge >= 0.3 is 0 Å². The molecular formula is C30H36Cl2N6O5. The van der Waals surface area contributed by atoms with Gasteiger partial charge in [0.25, 0.3) is 5.56 Å². The van der Waals surface area contributed by atoms with Crippen molar-refractivity contribution < 1.29 is 19.0 Å². The molecule has 2 aliphatic rings. The number of carbonyl (C=O) groups is 1. The van der Waals surface area contributed by atoms with Gasteiger partial charge in [0.05, 0.1) is 29.8 Å². The number of carbonyl (C=O) groups excluding carboxylic acids is 1. The van der Waals surface area contributed by atoms with Crippen molar-refractivity contribution >= 4 is 46.1 Å². The number of nitrogens with one attached hydrogen (secondary N) is 2. The lowest BCUT2D eigenvalue weighted by Gasteiger charge is -2.39. The van der Waals surface area contributed by atoms with Crippen molar-refractivity contribution in [3.05, 3.63) is 51.4 Å². The van der Waals surface area contributed by atoms with Crippen LogP contribution in [0.15, 0.2) is 35.8 Å². The van der Waals surface area contributed by atoms with Crippen LogP contribution in [0.2, 0.25) is 10.0 Å². The number of pyridine rings is 1. The molecule has 3 aromatic rings. The SMILES string of the molecule is C=CC(=O)N1CC(NCCn2c(=O)c(-c3c(Cl)c(OC)cc(OC)c3Cl)cc3cnc(NCCC4CCOCC4)nc32)C1. The van der Waals surface area contributed by atoms with Crippen molar-refractivity contribution in [1.29, 1.82) is 0 Å². The predicted molar refractivity (Wildman–Crippen MR) is 168 cm³/mol. The molecule has 0 spiro atoms. The Labute approximate surface area is 260 Å². The molecule has 0 unspecified atom stereocenters. The van der Waals surface area contributed by atoms with E-state index in [1.807, 2.05) is 0 Å². The van der Waals surface area contributed by atoms with E-state index in [0.29, 0.717) is 66.1 Å². The summed E-state index contributed by atoms with van der Waals surface area (Å²) >= 11 is 13.4. The number of likely N-dealkylation sites (tertiary alicyclic amines) is 1. The predicted octanol–water partition coefficient (Wildman–Crippen LogP) is 4.00. The van der Waals surface area contributed by atoms with Gasteiger partial charge in [-0.1, -0.05) is 29.8 Å². The summed E-state index contributed by atoms with van der Waals surface area (Å²) in [4.78, 5) is 36.9. The first-order chi connectivity index (χ1) is 20.8. The molecule has 1 amide bonds. The summed E-state index contributed by atoms with van der Waals surface area (Å²) in [6, 6.07) is 3.40. The molecule has 230 valence electrons. The Morgan fingerprint density at radius 2 is 1.84 bits per heavy atom. The van der Waals surface area contributed by atoms with E-state index in [2.05, 4.69) is 22.2 Å². The van der Waals surface area contributed by atoms with Crippen LogP contribution in [0.3, 0.4) is 0 Å². The highest BCUT2D eigenvalue weighted by Crippen LogP contribution is 2.45. The monoisotopic (exact) mass is 630 g/mol. The smallest absolute Gasteiger partial charge is 0.260 e. The van der Waals surface area contributed by atoms with Crippen molar-refractivity contribution in [2.24, 2.45) is 5.92 Å². The van der Waals surface area contributed by atoms with E-state index in [9.17, 15) is 9.59 Å². The fourth-order valence-electron chi connectivity index (χ4n) is 5.47. The third kappa shape index (κ3) is 6.75. The standard InChI is InChI=1S/C30H36Cl2N6O5/c1-4-24(39)37-16-20(17-37)33-9-10-38-28-19(15-35-30(36-28)34-8-5-18-6-11-43-12-7-18)13-21(29(38)40)25-26(31)22(41-2)14-23(42-3)27(25)32/h4,13-15,18,20,33H,1,5-12,16-17H2,2-3H3,(H,34,35,36). The molecule has 13 heteroatoms. The average Bonchev–Trinajstić information content (AvgIpc) is 3.00. The minimum Gasteiger partial charge on any atom is -0.495 e. The van der Waals surface area contributed by atoms with Crippen LogP contribution in [-0.4, -0.2) is 85.0 Å². The molecule has 1 aromatic carbocycles. The van der Waals surface area contributed by atoms with E-state index in [1.165, 1.54) is 20.3 Å². The lowest BCUT2D eigenvalue weighted by Crippen LogP contribution is -2.59. The molecule has 2 saturated heterocycles. The fourth-order valence-corrected chi connectivity index (χ4v) is 6.18. The van der Waals surface area contributed by atoms with E-state index < -0.39 is 0 Å². The number of amides is 1. The average molecular weight is 632 g/mol. The van der Waals surface area contributed by atoms with E-state index >= 15 is 0 Å². The highest BCUT2D eigenvalue weighted by Gasteiger charge is 2.29. The second-order valence-corrected chi connectivity index (χ2v) is 11.4. The van der Waals surface area contributed by atoms with E-state index in [4.69, 9.17) is 42.4 Å². The number of rotatable bonds is 12. The van der Waals surface area contributed by atoms with Crippen LogP contribution in [0.5, 0.6) is 11.5 Å². The Bertz CT molecular complexity index is 1520. The highest BCUT2D eigenvalue weighted by atomic mass is 35.5. The maximum Gasteiger partial charge on any atom is 0.260 e. The molecule has 2 fully saturated rings. The summed E-state index contributed by atoms with van der Waals surface area (Å²) in [6.45, 7) is 7.81. The third-order valence-electron chi connectivity index (χ3n) is 7.98. The lowest BCUT2D eigenvalue weighted by molar-refractivity contribution is -0.130. The molecule has 4 heterocycles. The van der Waals surface area contributed by atoms with Gasteiger partial charge in [-0.3, -0.25) is 14.2 Å². The second-order valence-electron chi connectivity index (χ2n) is 10.6. The molecule has 0 bridgehead atoms. The maximum absolute atomic E-state index is 14.1. The van der Waals surface area contributed by atoms with Gasteiger partial charge in [0, 0.05) is 75.2 Å². The van der Waals surface area contributed by atoms with Crippen LogP contribution in [0.4, 0.5) is 5.95 Å². The van der Waals surface area contributed by atoms with Crippen molar-refractivity contribution in [2.75, 3.05) is 58.9 Å². The van der Waals surface area contributed by atoms with E-state index in [1.54, 1.807) is 27.8 Å².